The fourth-order valence-corrected chi connectivity index (χ4v) is 7.96. The lowest BCUT2D eigenvalue weighted by molar-refractivity contribution is -0.140. The van der Waals surface area contributed by atoms with Crippen LogP contribution >= 0.6 is 0 Å². The van der Waals surface area contributed by atoms with Gasteiger partial charge in [0.2, 0.25) is 53.2 Å². The van der Waals surface area contributed by atoms with E-state index in [1.807, 2.05) is 24.3 Å². The number of benzene rings is 2. The van der Waals surface area contributed by atoms with E-state index in [-0.39, 0.29) is 89.3 Å². The van der Waals surface area contributed by atoms with E-state index in [0.717, 1.165) is 15.8 Å². The highest BCUT2D eigenvalue weighted by atomic mass is 16.2. The van der Waals surface area contributed by atoms with Crippen LogP contribution in [0.5, 0.6) is 0 Å². The van der Waals surface area contributed by atoms with Crippen molar-refractivity contribution in [2.24, 2.45) is 17.2 Å². The zero-order valence-electron chi connectivity index (χ0n) is 40.5. The Morgan fingerprint density at radius 1 is 0.764 bits per heavy atom. The fourth-order valence-electron chi connectivity index (χ4n) is 7.96. The number of H-pyrrole nitrogens is 1. The van der Waals surface area contributed by atoms with E-state index in [2.05, 4.69) is 52.8 Å². The summed E-state index contributed by atoms with van der Waals surface area (Å²) in [5.41, 5.74) is 18.7. The van der Waals surface area contributed by atoms with Crippen molar-refractivity contribution >= 4 is 76.0 Å². The van der Waals surface area contributed by atoms with Gasteiger partial charge in [0.1, 0.15) is 36.3 Å². The Hall–Kier alpha value is -8.25. The number of hydrogen-bond donors (Lipinski definition) is 15. The minimum Gasteiger partial charge on any atom is -0.370 e. The SMILES string of the molecule is CC(=O)N[C@@H](CCCNC(=N)N)C(=O)N[C@H]1CC(=O)NCCCC[C@@H](C(N)=O)NC(=O)[C@H](Cc2c[nH]c3ccccc23)NC(=O)[C@H](CCCNC(=N)N)NC(=O)[C@@H](Cc2ccccc2)NC(=O)CN(C)C1=O. The van der Waals surface area contributed by atoms with Crippen LogP contribution in [0.15, 0.2) is 60.8 Å². The molecule has 9 amide bonds. The molecule has 0 radical (unpaired) electrons. The predicted octanol–water partition coefficient (Wildman–Crippen LogP) is -2.96. The number of aromatic nitrogens is 1. The number of aromatic amines is 1. The minimum absolute atomic E-state index is 0.0325. The van der Waals surface area contributed by atoms with Crippen LogP contribution in [-0.4, -0.2) is 144 Å². The quantitative estimate of drug-likeness (QED) is 0.0388. The van der Waals surface area contributed by atoms with Gasteiger partial charge in [-0.05, 0) is 62.1 Å². The number of guanidine groups is 2. The third-order valence-electron chi connectivity index (χ3n) is 11.6. The molecule has 4 rings (SSSR count). The number of nitrogens with two attached hydrogens (primary N) is 3. The molecular weight excluding hydrogens is 933 g/mol. The summed E-state index contributed by atoms with van der Waals surface area (Å²) in [7, 11) is 1.26. The van der Waals surface area contributed by atoms with Crippen LogP contribution in [0.4, 0.5) is 0 Å². The van der Waals surface area contributed by atoms with Crippen LogP contribution in [0.3, 0.4) is 0 Å². The van der Waals surface area contributed by atoms with Gasteiger partial charge in [0, 0.05) is 63.5 Å². The highest BCUT2D eigenvalue weighted by Gasteiger charge is 2.34. The van der Waals surface area contributed by atoms with Crippen LogP contribution in [-0.2, 0) is 56.0 Å². The lowest BCUT2D eigenvalue weighted by Crippen LogP contribution is -2.59. The summed E-state index contributed by atoms with van der Waals surface area (Å²) in [6, 6.07) is 8.02. The van der Waals surface area contributed by atoms with E-state index >= 15 is 0 Å². The zero-order chi connectivity index (χ0) is 52.7. The maximum Gasteiger partial charge on any atom is 0.245 e. The van der Waals surface area contributed by atoms with Gasteiger partial charge in [-0.25, -0.2) is 0 Å². The molecule has 390 valence electrons. The summed E-state index contributed by atoms with van der Waals surface area (Å²) in [6.07, 6.45) is 2.00. The number of hydrogen-bond acceptors (Lipinski definition) is 11. The Bertz CT molecular complexity index is 2410. The number of rotatable bonds is 16. The molecule has 0 saturated carbocycles. The molecule has 0 unspecified atom stereocenters. The highest BCUT2D eigenvalue weighted by molar-refractivity contribution is 5.98. The smallest absolute Gasteiger partial charge is 0.245 e. The van der Waals surface area contributed by atoms with Crippen LogP contribution in [0.1, 0.15) is 69.4 Å². The maximum absolute atomic E-state index is 14.4. The summed E-state index contributed by atoms with van der Waals surface area (Å²) in [4.78, 5) is 127. The van der Waals surface area contributed by atoms with Gasteiger partial charge in [0.15, 0.2) is 11.9 Å². The van der Waals surface area contributed by atoms with E-state index < -0.39 is 102 Å². The summed E-state index contributed by atoms with van der Waals surface area (Å²) in [6.45, 7) is 0.893. The van der Waals surface area contributed by atoms with E-state index in [1.165, 1.54) is 14.0 Å². The third kappa shape index (κ3) is 18.9. The molecule has 2 aromatic carbocycles. The first kappa shape index (κ1) is 56.3. The summed E-state index contributed by atoms with van der Waals surface area (Å²) < 4.78 is 0. The number of carbonyl (C=O) groups is 9. The molecule has 0 spiro atoms. The van der Waals surface area contributed by atoms with Gasteiger partial charge in [-0.2, -0.15) is 0 Å². The molecule has 72 heavy (non-hydrogen) atoms. The van der Waals surface area contributed by atoms with Crippen LogP contribution in [0.2, 0.25) is 0 Å². The molecule has 1 aromatic heterocycles. The number of fused-ring (bicyclic) bond motifs is 1. The van der Waals surface area contributed by atoms with E-state index in [1.54, 1.807) is 36.5 Å². The van der Waals surface area contributed by atoms with E-state index in [9.17, 15) is 43.2 Å². The normalized spacial score (nSPS) is 20.6. The summed E-state index contributed by atoms with van der Waals surface area (Å²) in [5, 5.41) is 39.6. The van der Waals surface area contributed by atoms with Crippen molar-refractivity contribution in [2.75, 3.05) is 33.2 Å². The molecule has 25 nitrogen and oxygen atoms in total. The molecule has 1 saturated heterocycles. The number of carbonyl (C=O) groups excluding carboxylic acids is 9. The molecule has 18 N–H and O–H groups in total. The molecule has 1 fully saturated rings. The van der Waals surface area contributed by atoms with Crippen molar-refractivity contribution in [2.45, 2.75) is 107 Å². The number of nitrogens with zero attached hydrogens (tertiary/aromatic N) is 1. The van der Waals surface area contributed by atoms with Crippen LogP contribution in [0.25, 0.3) is 10.9 Å². The summed E-state index contributed by atoms with van der Waals surface area (Å²) in [5.74, 6) is -7.56. The fraction of sp³-hybridized carbons (Fsp3) is 0.468. The molecule has 25 heteroatoms. The largest absolute Gasteiger partial charge is 0.370 e. The second-order valence-corrected chi connectivity index (χ2v) is 17.5. The Labute approximate surface area is 416 Å². The molecular formula is C47H68N16O9. The van der Waals surface area contributed by atoms with Crippen molar-refractivity contribution in [3.63, 3.8) is 0 Å². The minimum atomic E-state index is -1.56. The standard InChI is InChI=1S/C47H68N16O9/c1-27(64)57-33(17-10-20-54-46(49)50)41(68)62-37-24-38(65)53-19-9-8-16-32(40(48)67)59-44(71)36(23-29-25-56-31-15-7-6-14-30(29)31)61-42(69)34(18-11-21-55-47(51)52)60-43(70)35(22-28-12-4-3-5-13-28)58-39(66)26-63(2)45(37)72/h3-7,12-15,25,32-37,56H,8-11,16-24,26H2,1-2H3,(H2,48,67)(H,53,65)(H,57,64)(H,58,66)(H,59,71)(H,60,70)(H,61,69)(H,62,68)(H4,49,50,54)(H4,51,52,55)/t32-,33-,34-,35+,36-,37-/m0/s1. The second-order valence-electron chi connectivity index (χ2n) is 17.5. The number of para-hydroxylation sites is 1. The van der Waals surface area contributed by atoms with Crippen molar-refractivity contribution in [1.29, 1.82) is 10.8 Å². The van der Waals surface area contributed by atoms with E-state index in [0.29, 0.717) is 11.1 Å². The molecule has 2 heterocycles. The predicted molar refractivity (Wildman–Crippen MR) is 266 cm³/mol. The molecule has 0 aliphatic carbocycles. The van der Waals surface area contributed by atoms with Gasteiger partial charge in [-0.15, -0.1) is 0 Å². The van der Waals surface area contributed by atoms with Crippen LogP contribution < -0.4 is 65.1 Å². The van der Waals surface area contributed by atoms with Gasteiger partial charge < -0.3 is 74.9 Å². The summed E-state index contributed by atoms with van der Waals surface area (Å²) >= 11 is 0. The van der Waals surface area contributed by atoms with Gasteiger partial charge in [0.05, 0.1) is 13.0 Å². The first-order chi connectivity index (χ1) is 34.3. The lowest BCUT2D eigenvalue weighted by Gasteiger charge is -2.28. The van der Waals surface area contributed by atoms with E-state index in [4.69, 9.17) is 28.0 Å². The monoisotopic (exact) mass is 1000 g/mol. The number of nitrogens with one attached hydrogen (secondary N) is 12. The average molecular weight is 1000 g/mol. The average Bonchev–Trinajstić information content (AvgIpc) is 3.73. The van der Waals surface area contributed by atoms with Gasteiger partial charge in [0.25, 0.3) is 0 Å². The van der Waals surface area contributed by atoms with Crippen molar-refractivity contribution in [1.82, 2.24) is 57.7 Å². The molecule has 3 aromatic rings. The number of amides is 9. The Balaban J connectivity index is 1.71. The zero-order valence-corrected chi connectivity index (χ0v) is 40.5. The maximum atomic E-state index is 14.4. The van der Waals surface area contributed by atoms with Gasteiger partial charge >= 0.3 is 0 Å². The molecule has 1 aliphatic heterocycles. The number of primary amides is 1. The molecule has 6 atom stereocenters. The second kappa shape index (κ2) is 28.4. The van der Waals surface area contributed by atoms with Crippen molar-refractivity contribution in [3.8, 4) is 0 Å². The highest BCUT2D eigenvalue weighted by Crippen LogP contribution is 2.20. The lowest BCUT2D eigenvalue weighted by atomic mass is 10.0. The van der Waals surface area contributed by atoms with Crippen LogP contribution in [0, 0.1) is 10.8 Å². The number of likely N-dealkylation sites (N-methyl/N-ethyl adjacent to an activating group) is 1. The first-order valence-electron chi connectivity index (χ1n) is 23.6. The Morgan fingerprint density at radius 3 is 2.07 bits per heavy atom. The Morgan fingerprint density at radius 2 is 1.39 bits per heavy atom. The first-order valence-corrected chi connectivity index (χ1v) is 23.6. The molecule has 0 bridgehead atoms. The van der Waals surface area contributed by atoms with Crippen molar-refractivity contribution in [3.05, 3.63) is 71.9 Å². The Kier molecular flexibility index (Phi) is 22.2. The third-order valence-corrected chi connectivity index (χ3v) is 11.6. The van der Waals surface area contributed by atoms with Gasteiger partial charge in [-0.3, -0.25) is 54.0 Å². The van der Waals surface area contributed by atoms with Crippen molar-refractivity contribution < 1.29 is 43.2 Å². The molecule has 1 aliphatic rings. The van der Waals surface area contributed by atoms with Gasteiger partial charge in [-0.1, -0.05) is 48.5 Å². The topological polar surface area (TPSA) is 407 Å².